The van der Waals surface area contributed by atoms with Gasteiger partial charge in [0.25, 0.3) is 0 Å². The van der Waals surface area contributed by atoms with Crippen molar-refractivity contribution >= 4 is 23.6 Å². The van der Waals surface area contributed by atoms with Crippen LogP contribution in [0.2, 0.25) is 5.02 Å². The van der Waals surface area contributed by atoms with Crippen LogP contribution >= 0.6 is 11.6 Å². The summed E-state index contributed by atoms with van der Waals surface area (Å²) < 4.78 is 0. The number of aliphatic carboxylic acids is 1. The van der Waals surface area contributed by atoms with Crippen molar-refractivity contribution in [3.63, 3.8) is 0 Å². The molecule has 110 valence electrons. The maximum Gasteiger partial charge on any atom is 0.107 e. The summed E-state index contributed by atoms with van der Waals surface area (Å²) in [6, 6.07) is 17.5. The van der Waals surface area contributed by atoms with Crippen LogP contribution in [0.3, 0.4) is 0 Å². The zero-order valence-corrected chi connectivity index (χ0v) is 12.6. The van der Waals surface area contributed by atoms with Gasteiger partial charge in [-0.2, -0.15) is 0 Å². The molecule has 0 amide bonds. The van der Waals surface area contributed by atoms with Crippen LogP contribution in [0.5, 0.6) is 0 Å². The van der Waals surface area contributed by atoms with E-state index < -0.39 is 5.97 Å². The molecule has 4 heteroatoms. The van der Waals surface area contributed by atoms with Crippen LogP contribution in [0.25, 0.3) is 6.08 Å². The number of carboxylic acids is 1. The summed E-state index contributed by atoms with van der Waals surface area (Å²) in [6.07, 6.45) is 2.43. The molecule has 0 aliphatic rings. The number of carbonyl (C=O) groups is 1. The van der Waals surface area contributed by atoms with Crippen LogP contribution in [0, 0.1) is 0 Å². The predicted octanol–water partition coefficient (Wildman–Crippen LogP) is 2.09. The van der Waals surface area contributed by atoms with Crippen molar-refractivity contribution in [2.45, 2.75) is 13.0 Å². The Morgan fingerprint density at radius 2 is 1.71 bits per heavy atom. The molecule has 2 aromatic carbocycles. The maximum atomic E-state index is 10.0. The molecular weight excluding hydrogens is 286 g/mol. The molecule has 0 aliphatic heterocycles. The smallest absolute Gasteiger partial charge is 0.107 e. The van der Waals surface area contributed by atoms with Gasteiger partial charge in [-0.1, -0.05) is 60.1 Å². The third-order valence-corrected chi connectivity index (χ3v) is 2.90. The Kier molecular flexibility index (Phi) is 7.23. The van der Waals surface area contributed by atoms with Crippen LogP contribution in [0.4, 0.5) is 0 Å². The average Bonchev–Trinajstić information content (AvgIpc) is 2.48. The van der Waals surface area contributed by atoms with Crippen molar-refractivity contribution in [1.82, 2.24) is 0 Å². The molecule has 0 aliphatic carbocycles. The molecule has 21 heavy (non-hydrogen) atoms. The van der Waals surface area contributed by atoms with E-state index in [0.717, 1.165) is 11.6 Å². The Bertz CT molecular complexity index is 577. The van der Waals surface area contributed by atoms with Gasteiger partial charge in [0.15, 0.2) is 0 Å². The Hall–Kier alpha value is -2.10. The molecule has 3 nitrogen and oxygen atoms in total. The lowest BCUT2D eigenvalue weighted by Gasteiger charge is -1.98. The lowest BCUT2D eigenvalue weighted by Crippen LogP contribution is -2.51. The van der Waals surface area contributed by atoms with Gasteiger partial charge in [0, 0.05) is 10.6 Å². The highest BCUT2D eigenvalue weighted by Crippen LogP contribution is 2.10. The molecule has 0 aromatic heterocycles. The SMILES string of the molecule is CC([NH3+])c1ccccc1.O=C([O-])C=Cc1ccc(Cl)cc1. The minimum Gasteiger partial charge on any atom is -0.545 e. The van der Waals surface area contributed by atoms with Gasteiger partial charge in [-0.05, 0) is 30.7 Å². The summed E-state index contributed by atoms with van der Waals surface area (Å²) in [5.41, 5.74) is 5.99. The number of hydrogen-bond donors (Lipinski definition) is 1. The zero-order chi connectivity index (χ0) is 15.7. The highest BCUT2D eigenvalue weighted by molar-refractivity contribution is 6.30. The summed E-state index contributed by atoms with van der Waals surface area (Å²) in [5.74, 6) is -1.20. The fourth-order valence-corrected chi connectivity index (χ4v) is 1.65. The maximum absolute atomic E-state index is 10.0. The molecule has 2 rings (SSSR count). The van der Waals surface area contributed by atoms with Crippen LogP contribution in [0.15, 0.2) is 60.7 Å². The number of hydrogen-bond acceptors (Lipinski definition) is 2. The fraction of sp³-hybridized carbons (Fsp3) is 0.118. The standard InChI is InChI=1S/C9H7ClO2.C8H11N/c10-8-4-1-7(2-5-8)3-6-9(11)12;1-7(9)8-5-3-2-4-6-8/h1-6H,(H,11,12);2-7H,9H2,1H3. The second kappa shape index (κ2) is 8.95. The number of benzene rings is 2. The van der Waals surface area contributed by atoms with Gasteiger partial charge in [-0.15, -0.1) is 0 Å². The van der Waals surface area contributed by atoms with Gasteiger partial charge < -0.3 is 15.6 Å². The number of halogens is 1. The molecule has 1 atom stereocenters. The van der Waals surface area contributed by atoms with Crippen LogP contribution < -0.4 is 10.8 Å². The van der Waals surface area contributed by atoms with Gasteiger partial charge in [-0.3, -0.25) is 0 Å². The highest BCUT2D eigenvalue weighted by atomic mass is 35.5. The molecule has 0 bridgehead atoms. The minimum absolute atomic E-state index is 0.409. The van der Waals surface area contributed by atoms with E-state index in [2.05, 4.69) is 24.8 Å². The first kappa shape index (κ1) is 17.0. The van der Waals surface area contributed by atoms with E-state index in [4.69, 9.17) is 11.6 Å². The number of carbonyl (C=O) groups excluding carboxylic acids is 1. The molecule has 0 radical (unpaired) electrons. The second-order valence-electron chi connectivity index (χ2n) is 4.52. The first-order valence-electron chi connectivity index (χ1n) is 6.51. The van der Waals surface area contributed by atoms with Gasteiger partial charge in [0.2, 0.25) is 0 Å². The molecule has 0 fully saturated rings. The Labute approximate surface area is 129 Å². The summed E-state index contributed by atoms with van der Waals surface area (Å²) in [4.78, 5) is 10.0. The second-order valence-corrected chi connectivity index (χ2v) is 4.95. The molecule has 0 heterocycles. The Morgan fingerprint density at radius 1 is 1.14 bits per heavy atom. The van der Waals surface area contributed by atoms with E-state index in [1.165, 1.54) is 11.6 Å². The quantitative estimate of drug-likeness (QED) is 0.882. The molecule has 3 N–H and O–H groups in total. The summed E-state index contributed by atoms with van der Waals surface area (Å²) >= 11 is 5.62. The Morgan fingerprint density at radius 3 is 2.14 bits per heavy atom. The van der Waals surface area contributed by atoms with Crippen LogP contribution in [-0.4, -0.2) is 5.97 Å². The third kappa shape index (κ3) is 7.30. The van der Waals surface area contributed by atoms with E-state index in [1.807, 2.05) is 18.2 Å². The molecule has 2 aromatic rings. The topological polar surface area (TPSA) is 67.8 Å². The van der Waals surface area contributed by atoms with Gasteiger partial charge in [0.1, 0.15) is 6.04 Å². The highest BCUT2D eigenvalue weighted by Gasteiger charge is 1.97. The predicted molar refractivity (Wildman–Crippen MR) is 83.2 cm³/mol. The summed E-state index contributed by atoms with van der Waals surface area (Å²) in [7, 11) is 0. The van der Waals surface area contributed by atoms with Gasteiger partial charge >= 0.3 is 0 Å². The van der Waals surface area contributed by atoms with Crippen LogP contribution in [0.1, 0.15) is 24.1 Å². The lowest BCUT2D eigenvalue weighted by molar-refractivity contribution is -0.420. The van der Waals surface area contributed by atoms with Crippen molar-refractivity contribution in [3.05, 3.63) is 76.8 Å². The van der Waals surface area contributed by atoms with E-state index in [1.54, 1.807) is 24.3 Å². The van der Waals surface area contributed by atoms with Crippen molar-refractivity contribution in [1.29, 1.82) is 0 Å². The molecule has 1 unspecified atom stereocenters. The molecule has 0 saturated heterocycles. The van der Waals surface area contributed by atoms with Gasteiger partial charge in [-0.25, -0.2) is 0 Å². The monoisotopic (exact) mass is 303 g/mol. The minimum atomic E-state index is -1.20. The first-order chi connectivity index (χ1) is 9.99. The van der Waals surface area contributed by atoms with E-state index in [0.29, 0.717) is 11.1 Å². The number of rotatable bonds is 3. The van der Waals surface area contributed by atoms with Crippen LogP contribution in [-0.2, 0) is 4.79 Å². The van der Waals surface area contributed by atoms with E-state index in [-0.39, 0.29) is 0 Å². The summed E-state index contributed by atoms with van der Waals surface area (Å²) in [5, 5.41) is 10.6. The molecule has 0 spiro atoms. The Balaban J connectivity index is 0.000000219. The van der Waals surface area contributed by atoms with E-state index in [9.17, 15) is 9.90 Å². The normalized spacial score (nSPS) is 11.6. The zero-order valence-electron chi connectivity index (χ0n) is 11.8. The summed E-state index contributed by atoms with van der Waals surface area (Å²) in [6.45, 7) is 2.09. The first-order valence-corrected chi connectivity index (χ1v) is 6.89. The van der Waals surface area contributed by atoms with E-state index >= 15 is 0 Å². The molecule has 0 saturated carbocycles. The van der Waals surface area contributed by atoms with Crippen molar-refractivity contribution < 1.29 is 15.6 Å². The third-order valence-electron chi connectivity index (χ3n) is 2.65. The average molecular weight is 304 g/mol. The fourth-order valence-electron chi connectivity index (χ4n) is 1.52. The van der Waals surface area contributed by atoms with Crippen molar-refractivity contribution in [2.75, 3.05) is 0 Å². The van der Waals surface area contributed by atoms with Gasteiger partial charge in [0.05, 0.1) is 5.97 Å². The largest absolute Gasteiger partial charge is 0.545 e. The molecular formula is C17H18ClNO2. The van der Waals surface area contributed by atoms with Crippen molar-refractivity contribution in [2.24, 2.45) is 0 Å². The van der Waals surface area contributed by atoms with Crippen molar-refractivity contribution in [3.8, 4) is 0 Å². The number of carboxylic acid groups (broad SMARTS) is 1. The number of quaternary nitrogens is 1. The lowest BCUT2D eigenvalue weighted by atomic mass is 10.1.